The van der Waals surface area contributed by atoms with E-state index in [1.165, 1.54) is 5.56 Å². The highest BCUT2D eigenvalue weighted by atomic mass is 16.2. The summed E-state index contributed by atoms with van der Waals surface area (Å²) in [6.45, 7) is 5.53. The topological polar surface area (TPSA) is 52.2 Å². The van der Waals surface area contributed by atoms with Crippen LogP contribution < -0.4 is 0 Å². The number of benzene rings is 1. The highest BCUT2D eigenvalue weighted by molar-refractivity contribution is 5.87. The van der Waals surface area contributed by atoms with Gasteiger partial charge in [0.05, 0.1) is 12.0 Å². The molecular formula is C21H28N4O. The van der Waals surface area contributed by atoms with Crippen molar-refractivity contribution in [2.45, 2.75) is 51.1 Å². The lowest BCUT2D eigenvalue weighted by molar-refractivity contribution is -0.147. The predicted octanol–water partition coefficient (Wildman–Crippen LogP) is 2.92. The largest absolute Gasteiger partial charge is 0.348 e. The average molecular weight is 352 g/mol. The number of hydrogen-bond donors (Lipinski definition) is 1. The summed E-state index contributed by atoms with van der Waals surface area (Å²) in [4.78, 5) is 25.6. The molecule has 0 bridgehead atoms. The molecule has 1 unspecified atom stereocenters. The van der Waals surface area contributed by atoms with E-state index in [9.17, 15) is 4.79 Å². The fourth-order valence-electron chi connectivity index (χ4n) is 4.60. The lowest BCUT2D eigenvalue weighted by Crippen LogP contribution is -2.59. The van der Waals surface area contributed by atoms with E-state index < -0.39 is 0 Å². The van der Waals surface area contributed by atoms with E-state index in [2.05, 4.69) is 51.0 Å². The second-order valence-corrected chi connectivity index (χ2v) is 7.66. The van der Waals surface area contributed by atoms with Gasteiger partial charge in [-0.3, -0.25) is 9.69 Å². The molecule has 2 saturated heterocycles. The van der Waals surface area contributed by atoms with E-state index in [-0.39, 0.29) is 5.54 Å². The van der Waals surface area contributed by atoms with Crippen molar-refractivity contribution in [1.82, 2.24) is 19.8 Å². The summed E-state index contributed by atoms with van der Waals surface area (Å²) in [5, 5.41) is 0. The zero-order valence-corrected chi connectivity index (χ0v) is 15.6. The standard InChI is InChI=1S/C21H28N4O/c1-17-19(23-16-22-17)15-25-13-6-11-21(25)10-5-12-24(20(21)26)14-9-18-7-3-2-4-8-18/h2-4,7-8,16H,5-6,9-15H2,1H3,(H,22,23). The summed E-state index contributed by atoms with van der Waals surface area (Å²) < 4.78 is 0. The molecule has 5 heteroatoms. The normalized spacial score (nSPS) is 23.9. The molecule has 26 heavy (non-hydrogen) atoms. The second-order valence-electron chi connectivity index (χ2n) is 7.66. The number of nitrogens with one attached hydrogen (secondary N) is 1. The molecule has 1 atom stereocenters. The average Bonchev–Trinajstić information content (AvgIpc) is 3.25. The van der Waals surface area contributed by atoms with Crippen LogP contribution >= 0.6 is 0 Å². The molecule has 3 heterocycles. The summed E-state index contributed by atoms with van der Waals surface area (Å²) in [5.41, 5.74) is 3.17. The van der Waals surface area contributed by atoms with E-state index in [4.69, 9.17) is 0 Å². The first kappa shape index (κ1) is 17.3. The fraction of sp³-hybridized carbons (Fsp3) is 0.524. The summed E-state index contributed by atoms with van der Waals surface area (Å²) >= 11 is 0. The van der Waals surface area contributed by atoms with Gasteiger partial charge in [0.15, 0.2) is 0 Å². The van der Waals surface area contributed by atoms with Crippen molar-refractivity contribution in [2.75, 3.05) is 19.6 Å². The van der Waals surface area contributed by atoms with Gasteiger partial charge in [-0.25, -0.2) is 4.98 Å². The quantitative estimate of drug-likeness (QED) is 0.900. The van der Waals surface area contributed by atoms with Gasteiger partial charge < -0.3 is 9.88 Å². The molecule has 1 N–H and O–H groups in total. The van der Waals surface area contributed by atoms with Crippen LogP contribution in [-0.2, 0) is 17.8 Å². The number of carbonyl (C=O) groups is 1. The van der Waals surface area contributed by atoms with Crippen LogP contribution in [0.5, 0.6) is 0 Å². The molecule has 0 aliphatic carbocycles. The van der Waals surface area contributed by atoms with Crippen molar-refractivity contribution >= 4 is 5.91 Å². The maximum absolute atomic E-state index is 13.5. The molecule has 138 valence electrons. The van der Waals surface area contributed by atoms with E-state index in [0.29, 0.717) is 5.91 Å². The van der Waals surface area contributed by atoms with Crippen molar-refractivity contribution in [3.8, 4) is 0 Å². The van der Waals surface area contributed by atoms with Crippen LogP contribution in [0.15, 0.2) is 36.7 Å². The number of imidazole rings is 1. The smallest absolute Gasteiger partial charge is 0.243 e. The Morgan fingerprint density at radius 1 is 1.15 bits per heavy atom. The van der Waals surface area contributed by atoms with Gasteiger partial charge in [-0.1, -0.05) is 30.3 Å². The van der Waals surface area contributed by atoms with Gasteiger partial charge in [0.2, 0.25) is 5.91 Å². The molecular weight excluding hydrogens is 324 g/mol. The Morgan fingerprint density at radius 3 is 2.65 bits per heavy atom. The Morgan fingerprint density at radius 2 is 1.92 bits per heavy atom. The van der Waals surface area contributed by atoms with Gasteiger partial charge in [0, 0.05) is 25.3 Å². The van der Waals surface area contributed by atoms with Gasteiger partial charge in [0.25, 0.3) is 0 Å². The van der Waals surface area contributed by atoms with E-state index in [1.807, 2.05) is 6.07 Å². The summed E-state index contributed by atoms with van der Waals surface area (Å²) in [7, 11) is 0. The minimum Gasteiger partial charge on any atom is -0.348 e. The van der Waals surface area contributed by atoms with Crippen LogP contribution in [-0.4, -0.2) is 50.8 Å². The van der Waals surface area contributed by atoms with Crippen molar-refractivity contribution in [3.05, 3.63) is 53.6 Å². The maximum Gasteiger partial charge on any atom is 0.243 e. The Kier molecular flexibility index (Phi) is 4.81. The van der Waals surface area contributed by atoms with Crippen molar-refractivity contribution < 1.29 is 4.79 Å². The molecule has 4 rings (SSSR count). The van der Waals surface area contributed by atoms with E-state index in [1.54, 1.807) is 6.33 Å². The number of hydrogen-bond acceptors (Lipinski definition) is 3. The van der Waals surface area contributed by atoms with Crippen LogP contribution in [0.2, 0.25) is 0 Å². The van der Waals surface area contributed by atoms with Crippen molar-refractivity contribution in [3.63, 3.8) is 0 Å². The third kappa shape index (κ3) is 3.16. The second kappa shape index (κ2) is 7.23. The highest BCUT2D eigenvalue weighted by Crippen LogP contribution is 2.39. The molecule has 1 aromatic heterocycles. The van der Waals surface area contributed by atoms with Crippen LogP contribution in [0.3, 0.4) is 0 Å². The Balaban J connectivity index is 1.47. The van der Waals surface area contributed by atoms with E-state index >= 15 is 0 Å². The van der Waals surface area contributed by atoms with Crippen molar-refractivity contribution in [1.29, 1.82) is 0 Å². The van der Waals surface area contributed by atoms with Crippen LogP contribution in [0.4, 0.5) is 0 Å². The Hall–Kier alpha value is -2.14. The molecule has 1 spiro atoms. The first-order valence-corrected chi connectivity index (χ1v) is 9.76. The predicted molar refractivity (Wildman–Crippen MR) is 102 cm³/mol. The minimum atomic E-state index is -0.305. The van der Waals surface area contributed by atoms with Gasteiger partial charge in [-0.15, -0.1) is 0 Å². The fourth-order valence-corrected chi connectivity index (χ4v) is 4.60. The minimum absolute atomic E-state index is 0.305. The van der Waals surface area contributed by atoms with Gasteiger partial charge in [-0.2, -0.15) is 0 Å². The lowest BCUT2D eigenvalue weighted by Gasteiger charge is -2.44. The number of H-pyrrole nitrogens is 1. The highest BCUT2D eigenvalue weighted by Gasteiger charge is 2.50. The molecule has 1 amide bonds. The molecule has 0 saturated carbocycles. The molecule has 2 aliphatic heterocycles. The van der Waals surface area contributed by atoms with Gasteiger partial charge in [-0.05, 0) is 51.1 Å². The number of likely N-dealkylation sites (tertiary alicyclic amines) is 2. The first-order valence-electron chi connectivity index (χ1n) is 9.76. The van der Waals surface area contributed by atoms with Gasteiger partial charge >= 0.3 is 0 Å². The van der Waals surface area contributed by atoms with Crippen LogP contribution in [0.1, 0.15) is 42.6 Å². The SMILES string of the molecule is Cc1[nH]cnc1CN1CCCC12CCCN(CCc1ccccc1)C2=O. The summed E-state index contributed by atoms with van der Waals surface area (Å²) in [6, 6.07) is 10.5. The number of rotatable bonds is 5. The van der Waals surface area contributed by atoms with Crippen LogP contribution in [0, 0.1) is 6.92 Å². The van der Waals surface area contributed by atoms with Crippen molar-refractivity contribution in [2.24, 2.45) is 0 Å². The molecule has 5 nitrogen and oxygen atoms in total. The van der Waals surface area contributed by atoms with E-state index in [0.717, 1.165) is 69.7 Å². The molecule has 2 aliphatic rings. The maximum atomic E-state index is 13.5. The monoisotopic (exact) mass is 352 g/mol. The zero-order chi connectivity index (χ0) is 18.0. The third-order valence-electron chi connectivity index (χ3n) is 6.12. The summed E-state index contributed by atoms with van der Waals surface area (Å²) in [5.74, 6) is 0.338. The number of aromatic amines is 1. The number of aryl methyl sites for hydroxylation is 1. The number of carbonyl (C=O) groups excluding carboxylic acids is 1. The summed E-state index contributed by atoms with van der Waals surface area (Å²) in [6.07, 6.45) is 6.84. The van der Waals surface area contributed by atoms with Crippen LogP contribution in [0.25, 0.3) is 0 Å². The first-order chi connectivity index (χ1) is 12.7. The number of piperidine rings is 1. The zero-order valence-electron chi connectivity index (χ0n) is 15.6. The third-order valence-corrected chi connectivity index (χ3v) is 6.12. The molecule has 1 aromatic carbocycles. The Labute approximate surface area is 155 Å². The van der Waals surface area contributed by atoms with Gasteiger partial charge in [0.1, 0.15) is 5.54 Å². The molecule has 2 fully saturated rings. The number of amides is 1. The molecule has 2 aromatic rings. The number of nitrogens with zero attached hydrogens (tertiary/aromatic N) is 3. The Bertz CT molecular complexity index is 756. The molecule has 0 radical (unpaired) electrons. The lowest BCUT2D eigenvalue weighted by atomic mass is 9.85. The number of aromatic nitrogens is 2.